The van der Waals surface area contributed by atoms with E-state index in [2.05, 4.69) is 16.9 Å². The number of furan rings is 1. The second-order valence-electron chi connectivity index (χ2n) is 2.96. The molecule has 2 aromatic heterocycles. The summed E-state index contributed by atoms with van der Waals surface area (Å²) in [6.07, 6.45) is 3.18. The third-order valence-electron chi connectivity index (χ3n) is 1.87. The van der Waals surface area contributed by atoms with E-state index in [-0.39, 0.29) is 11.6 Å². The average Bonchev–Trinajstić information content (AvgIpc) is 2.94. The molecule has 2 heterocycles. The van der Waals surface area contributed by atoms with Crippen LogP contribution in [-0.2, 0) is 0 Å². The summed E-state index contributed by atoms with van der Waals surface area (Å²) in [5, 5.41) is 11.7. The van der Waals surface area contributed by atoms with Crippen LogP contribution in [0.2, 0.25) is 0 Å². The summed E-state index contributed by atoms with van der Waals surface area (Å²) in [6.45, 7) is 4.06. The van der Waals surface area contributed by atoms with Gasteiger partial charge >= 0.3 is 0 Å². The van der Waals surface area contributed by atoms with Gasteiger partial charge in [-0.05, 0) is 12.1 Å². The minimum Gasteiger partial charge on any atom is -0.459 e. The highest BCUT2D eigenvalue weighted by molar-refractivity contribution is 5.54. The number of aromatic nitrogens is 1. The van der Waals surface area contributed by atoms with Crippen molar-refractivity contribution in [1.29, 1.82) is 5.26 Å². The van der Waals surface area contributed by atoms with E-state index in [1.807, 2.05) is 6.07 Å². The second-order valence-corrected chi connectivity index (χ2v) is 2.96. The molecule has 0 fully saturated rings. The van der Waals surface area contributed by atoms with Gasteiger partial charge in [0.25, 0.3) is 5.89 Å². The molecule has 0 aliphatic heterocycles. The first-order valence-electron chi connectivity index (χ1n) is 4.64. The maximum absolute atomic E-state index is 8.86. The largest absolute Gasteiger partial charge is 0.459 e. The standard InChI is InChI=1S/C11H9N3O2/c1-2-5-13-10-8(7-12)14-11(16-10)9-4-3-6-15-9/h2-4,6,13H,1,5H2. The Bertz CT molecular complexity index is 520. The molecule has 0 radical (unpaired) electrons. The van der Waals surface area contributed by atoms with Crippen LogP contribution >= 0.6 is 0 Å². The smallest absolute Gasteiger partial charge is 0.266 e. The molecule has 1 N–H and O–H groups in total. The molecule has 5 heteroatoms. The number of nitrogens with one attached hydrogen (secondary N) is 1. The normalized spacial score (nSPS) is 9.69. The van der Waals surface area contributed by atoms with Crippen molar-refractivity contribution in [1.82, 2.24) is 4.98 Å². The molecule has 0 spiro atoms. The Morgan fingerprint density at radius 1 is 1.62 bits per heavy atom. The lowest BCUT2D eigenvalue weighted by Crippen LogP contribution is -1.97. The van der Waals surface area contributed by atoms with Crippen molar-refractivity contribution >= 4 is 5.88 Å². The maximum Gasteiger partial charge on any atom is 0.266 e. The lowest BCUT2D eigenvalue weighted by molar-refractivity contribution is 0.524. The number of nitrogens with zero attached hydrogens (tertiary/aromatic N) is 2. The monoisotopic (exact) mass is 215 g/mol. The van der Waals surface area contributed by atoms with Crippen LogP contribution in [0.25, 0.3) is 11.7 Å². The zero-order chi connectivity index (χ0) is 11.4. The van der Waals surface area contributed by atoms with Crippen LogP contribution in [-0.4, -0.2) is 11.5 Å². The highest BCUT2D eigenvalue weighted by Gasteiger charge is 2.15. The van der Waals surface area contributed by atoms with Crippen molar-refractivity contribution in [2.45, 2.75) is 0 Å². The minimum absolute atomic E-state index is 0.202. The van der Waals surface area contributed by atoms with Crippen LogP contribution in [0.3, 0.4) is 0 Å². The van der Waals surface area contributed by atoms with Crippen LogP contribution < -0.4 is 5.32 Å². The predicted octanol–water partition coefficient (Wildman–Crippen LogP) is 2.40. The van der Waals surface area contributed by atoms with E-state index >= 15 is 0 Å². The van der Waals surface area contributed by atoms with E-state index in [0.717, 1.165) is 0 Å². The molecule has 0 atom stereocenters. The Kier molecular flexibility index (Phi) is 2.74. The number of oxazole rings is 1. The highest BCUT2D eigenvalue weighted by atomic mass is 16.4. The number of hydrogen-bond acceptors (Lipinski definition) is 5. The van der Waals surface area contributed by atoms with Gasteiger partial charge in [-0.1, -0.05) is 6.08 Å². The van der Waals surface area contributed by atoms with Gasteiger partial charge in [-0.3, -0.25) is 0 Å². The average molecular weight is 215 g/mol. The van der Waals surface area contributed by atoms with E-state index in [1.54, 1.807) is 18.2 Å². The van der Waals surface area contributed by atoms with Gasteiger partial charge in [-0.15, -0.1) is 6.58 Å². The van der Waals surface area contributed by atoms with Gasteiger partial charge < -0.3 is 14.2 Å². The Morgan fingerprint density at radius 2 is 2.50 bits per heavy atom. The Labute approximate surface area is 92.0 Å². The first-order chi connectivity index (χ1) is 7.85. The Hall–Kier alpha value is -2.48. The molecule has 2 rings (SSSR count). The van der Waals surface area contributed by atoms with Crippen LogP contribution in [0.15, 0.2) is 39.9 Å². The Morgan fingerprint density at radius 3 is 3.12 bits per heavy atom. The van der Waals surface area contributed by atoms with E-state index < -0.39 is 0 Å². The van der Waals surface area contributed by atoms with Crippen LogP contribution in [0, 0.1) is 11.3 Å². The molecule has 0 bridgehead atoms. The van der Waals surface area contributed by atoms with Gasteiger partial charge in [-0.2, -0.15) is 10.2 Å². The van der Waals surface area contributed by atoms with Gasteiger partial charge in [0.2, 0.25) is 11.6 Å². The van der Waals surface area contributed by atoms with Crippen molar-refractivity contribution in [2.75, 3.05) is 11.9 Å². The van der Waals surface area contributed by atoms with Gasteiger partial charge in [0.15, 0.2) is 5.76 Å². The molecule has 5 nitrogen and oxygen atoms in total. The number of rotatable bonds is 4. The van der Waals surface area contributed by atoms with Crippen LogP contribution in [0.1, 0.15) is 5.69 Å². The fourth-order valence-electron chi connectivity index (χ4n) is 1.19. The molecule has 0 saturated heterocycles. The van der Waals surface area contributed by atoms with E-state index in [9.17, 15) is 0 Å². The minimum atomic E-state index is 0.202. The summed E-state index contributed by atoms with van der Waals surface area (Å²) < 4.78 is 10.5. The summed E-state index contributed by atoms with van der Waals surface area (Å²) in [6, 6.07) is 5.38. The SMILES string of the molecule is C=CCNc1oc(-c2ccco2)nc1C#N. The summed E-state index contributed by atoms with van der Waals surface area (Å²) in [5.41, 5.74) is 0.202. The van der Waals surface area contributed by atoms with Crippen molar-refractivity contribution in [3.8, 4) is 17.7 Å². The lowest BCUT2D eigenvalue weighted by Gasteiger charge is -1.95. The molecule has 16 heavy (non-hydrogen) atoms. The number of nitriles is 1. The van der Waals surface area contributed by atoms with E-state index in [0.29, 0.717) is 18.2 Å². The number of anilines is 1. The highest BCUT2D eigenvalue weighted by Crippen LogP contribution is 2.25. The van der Waals surface area contributed by atoms with E-state index in [1.165, 1.54) is 6.26 Å². The van der Waals surface area contributed by atoms with Gasteiger partial charge in [0.05, 0.1) is 6.26 Å². The van der Waals surface area contributed by atoms with Gasteiger partial charge in [0.1, 0.15) is 6.07 Å². The van der Waals surface area contributed by atoms with Crippen LogP contribution in [0.4, 0.5) is 5.88 Å². The van der Waals surface area contributed by atoms with Crippen molar-refractivity contribution in [2.24, 2.45) is 0 Å². The van der Waals surface area contributed by atoms with Gasteiger partial charge in [-0.25, -0.2) is 0 Å². The maximum atomic E-state index is 8.86. The van der Waals surface area contributed by atoms with Crippen molar-refractivity contribution in [3.05, 3.63) is 36.7 Å². The Balaban J connectivity index is 2.33. The molecule has 0 unspecified atom stereocenters. The zero-order valence-electron chi connectivity index (χ0n) is 8.43. The molecular formula is C11H9N3O2. The first-order valence-corrected chi connectivity index (χ1v) is 4.64. The zero-order valence-corrected chi connectivity index (χ0v) is 8.43. The summed E-state index contributed by atoms with van der Waals surface area (Å²) >= 11 is 0. The molecule has 0 aliphatic rings. The molecule has 80 valence electrons. The lowest BCUT2D eigenvalue weighted by atomic mass is 10.4. The molecule has 0 saturated carbocycles. The molecule has 0 aliphatic carbocycles. The summed E-state index contributed by atoms with van der Waals surface area (Å²) in [5.74, 6) is 1.10. The third-order valence-corrected chi connectivity index (χ3v) is 1.87. The molecule has 2 aromatic rings. The second kappa shape index (κ2) is 4.36. The molecule has 0 amide bonds. The fourth-order valence-corrected chi connectivity index (χ4v) is 1.19. The topological polar surface area (TPSA) is 75.0 Å². The van der Waals surface area contributed by atoms with E-state index in [4.69, 9.17) is 14.1 Å². The van der Waals surface area contributed by atoms with Crippen molar-refractivity contribution in [3.63, 3.8) is 0 Å². The van der Waals surface area contributed by atoms with Crippen molar-refractivity contribution < 1.29 is 8.83 Å². The third kappa shape index (κ3) is 1.81. The molecule has 0 aromatic carbocycles. The summed E-state index contributed by atoms with van der Waals surface area (Å²) in [4.78, 5) is 4.01. The summed E-state index contributed by atoms with van der Waals surface area (Å²) in [7, 11) is 0. The first kappa shape index (κ1) is 10.1. The van der Waals surface area contributed by atoms with Gasteiger partial charge in [0, 0.05) is 6.54 Å². The fraction of sp³-hybridized carbons (Fsp3) is 0.0909. The molecular weight excluding hydrogens is 206 g/mol. The quantitative estimate of drug-likeness (QED) is 0.792. The van der Waals surface area contributed by atoms with Crippen LogP contribution in [0.5, 0.6) is 0 Å². The number of hydrogen-bond donors (Lipinski definition) is 1. The predicted molar refractivity (Wildman–Crippen MR) is 57.6 cm³/mol.